The molecule has 0 aromatic heterocycles. The molecule has 2 aliphatic rings. The fourth-order valence-electron chi connectivity index (χ4n) is 4.03. The SMILES string of the molecule is COCCOC(=O)C1=C(C)N=C2SCCCN2[C@@H]1c1ccc(NC(=O)c2ccc(C)cc2)cc1. The fourth-order valence-corrected chi connectivity index (χ4v) is 5.05. The van der Waals surface area contributed by atoms with Gasteiger partial charge in [-0.2, -0.15) is 0 Å². The number of anilines is 1. The molecule has 0 saturated carbocycles. The summed E-state index contributed by atoms with van der Waals surface area (Å²) in [6.07, 6.45) is 1.01. The minimum atomic E-state index is -0.380. The molecule has 4 rings (SSSR count). The van der Waals surface area contributed by atoms with E-state index >= 15 is 0 Å². The first-order chi connectivity index (χ1) is 16.5. The van der Waals surface area contributed by atoms with Crippen LogP contribution in [0.2, 0.25) is 0 Å². The topological polar surface area (TPSA) is 80.2 Å². The van der Waals surface area contributed by atoms with Crippen LogP contribution in [0.3, 0.4) is 0 Å². The Labute approximate surface area is 204 Å². The van der Waals surface area contributed by atoms with Gasteiger partial charge in [0.2, 0.25) is 0 Å². The number of nitrogens with one attached hydrogen (secondary N) is 1. The average Bonchev–Trinajstić information content (AvgIpc) is 2.84. The molecule has 0 spiro atoms. The lowest BCUT2D eigenvalue weighted by molar-refractivity contribution is -0.141. The first-order valence-electron chi connectivity index (χ1n) is 11.3. The number of fused-ring (bicyclic) bond motifs is 1. The van der Waals surface area contributed by atoms with Crippen molar-refractivity contribution in [3.63, 3.8) is 0 Å². The number of nitrogens with zero attached hydrogens (tertiary/aromatic N) is 2. The number of hydrogen-bond acceptors (Lipinski definition) is 7. The van der Waals surface area contributed by atoms with E-state index < -0.39 is 0 Å². The van der Waals surface area contributed by atoms with Crippen LogP contribution in [0.25, 0.3) is 0 Å². The number of hydrogen-bond donors (Lipinski definition) is 1. The molecule has 1 saturated heterocycles. The molecule has 2 heterocycles. The van der Waals surface area contributed by atoms with Gasteiger partial charge >= 0.3 is 5.97 Å². The molecule has 2 aliphatic heterocycles. The zero-order chi connectivity index (χ0) is 24.1. The van der Waals surface area contributed by atoms with E-state index in [0.717, 1.165) is 35.0 Å². The Kier molecular flexibility index (Phi) is 7.70. The summed E-state index contributed by atoms with van der Waals surface area (Å²) in [7, 11) is 1.57. The number of rotatable bonds is 7. The quantitative estimate of drug-likeness (QED) is 0.463. The third kappa shape index (κ3) is 5.34. The number of aryl methyl sites for hydroxylation is 1. The van der Waals surface area contributed by atoms with Crippen LogP contribution in [0.15, 0.2) is 64.8 Å². The van der Waals surface area contributed by atoms with Gasteiger partial charge in [-0.15, -0.1) is 0 Å². The lowest BCUT2D eigenvalue weighted by atomic mass is 9.94. The number of aliphatic imine (C=N–C) groups is 1. The van der Waals surface area contributed by atoms with Gasteiger partial charge in [0.05, 0.1) is 23.9 Å². The summed E-state index contributed by atoms with van der Waals surface area (Å²) in [5, 5.41) is 3.87. The predicted molar refractivity (Wildman–Crippen MR) is 135 cm³/mol. The first-order valence-corrected chi connectivity index (χ1v) is 12.3. The predicted octanol–water partition coefficient (Wildman–Crippen LogP) is 4.56. The third-order valence-electron chi connectivity index (χ3n) is 5.80. The highest BCUT2D eigenvalue weighted by Gasteiger charge is 2.37. The van der Waals surface area contributed by atoms with Crippen LogP contribution in [-0.2, 0) is 14.3 Å². The lowest BCUT2D eigenvalue weighted by Crippen LogP contribution is -2.42. The van der Waals surface area contributed by atoms with Gasteiger partial charge in [0, 0.05) is 30.7 Å². The fraction of sp³-hybridized carbons (Fsp3) is 0.346. The van der Waals surface area contributed by atoms with E-state index in [0.29, 0.717) is 29.1 Å². The Bertz CT molecular complexity index is 1110. The van der Waals surface area contributed by atoms with E-state index in [9.17, 15) is 9.59 Å². The number of thioether (sulfide) groups is 1. The Morgan fingerprint density at radius 2 is 1.82 bits per heavy atom. The van der Waals surface area contributed by atoms with Crippen LogP contribution in [0.1, 0.15) is 40.9 Å². The molecule has 1 fully saturated rings. The summed E-state index contributed by atoms with van der Waals surface area (Å²) >= 11 is 1.71. The van der Waals surface area contributed by atoms with Crippen molar-refractivity contribution in [2.45, 2.75) is 26.3 Å². The Hall–Kier alpha value is -3.10. The van der Waals surface area contributed by atoms with Gasteiger partial charge in [-0.25, -0.2) is 9.79 Å². The standard InChI is InChI=1S/C26H29N3O4S/c1-17-5-7-20(8-6-17)24(30)28-21-11-9-19(10-12-21)23-22(25(31)33-15-14-32-3)18(2)27-26-29(23)13-4-16-34-26/h5-12,23H,4,13-16H2,1-3H3,(H,28,30)/t23-/m1/s1. The van der Waals surface area contributed by atoms with E-state index in [1.165, 1.54) is 0 Å². The number of methoxy groups -OCH3 is 1. The summed E-state index contributed by atoms with van der Waals surface area (Å²) in [5.41, 5.74) is 4.56. The van der Waals surface area contributed by atoms with Gasteiger partial charge in [0.15, 0.2) is 5.17 Å². The largest absolute Gasteiger partial charge is 0.460 e. The van der Waals surface area contributed by atoms with Gasteiger partial charge in [0.25, 0.3) is 5.91 Å². The first kappa shape index (κ1) is 24.0. The monoisotopic (exact) mass is 479 g/mol. The van der Waals surface area contributed by atoms with E-state index in [1.807, 2.05) is 62.4 Å². The van der Waals surface area contributed by atoms with Crippen LogP contribution < -0.4 is 5.32 Å². The van der Waals surface area contributed by atoms with Crippen molar-refractivity contribution in [2.24, 2.45) is 4.99 Å². The van der Waals surface area contributed by atoms with Crippen LogP contribution in [0.5, 0.6) is 0 Å². The highest BCUT2D eigenvalue weighted by atomic mass is 32.2. The summed E-state index contributed by atoms with van der Waals surface area (Å²) < 4.78 is 10.5. The molecule has 0 aliphatic carbocycles. The number of carbonyl (C=O) groups excluding carboxylic acids is 2. The van der Waals surface area contributed by atoms with Gasteiger partial charge in [-0.1, -0.05) is 41.6 Å². The number of amidine groups is 1. The number of ether oxygens (including phenoxy) is 2. The highest BCUT2D eigenvalue weighted by molar-refractivity contribution is 8.13. The zero-order valence-corrected chi connectivity index (χ0v) is 20.5. The molecule has 0 unspecified atom stereocenters. The van der Waals surface area contributed by atoms with Crippen molar-refractivity contribution in [1.82, 2.24) is 4.90 Å². The molecule has 0 radical (unpaired) electrons. The number of amides is 1. The summed E-state index contributed by atoms with van der Waals surface area (Å²) in [4.78, 5) is 32.5. The summed E-state index contributed by atoms with van der Waals surface area (Å²) in [5.74, 6) is 0.465. The Morgan fingerprint density at radius 3 is 2.53 bits per heavy atom. The molecule has 34 heavy (non-hydrogen) atoms. The molecule has 0 bridgehead atoms. The molecule has 1 amide bonds. The van der Waals surface area contributed by atoms with E-state index in [1.54, 1.807) is 18.9 Å². The summed E-state index contributed by atoms with van der Waals surface area (Å²) in [6, 6.07) is 14.8. The second-order valence-corrected chi connectivity index (χ2v) is 9.32. The molecular weight excluding hydrogens is 450 g/mol. The molecule has 1 atom stereocenters. The second kappa shape index (κ2) is 10.9. The number of carbonyl (C=O) groups is 2. The Morgan fingerprint density at radius 1 is 1.09 bits per heavy atom. The van der Waals surface area contributed by atoms with Crippen LogP contribution in [-0.4, -0.2) is 54.6 Å². The molecule has 1 N–H and O–H groups in total. The van der Waals surface area contributed by atoms with Crippen molar-refractivity contribution >= 4 is 34.5 Å². The molecular formula is C26H29N3O4S. The normalized spacial score (nSPS) is 17.7. The van der Waals surface area contributed by atoms with Crippen molar-refractivity contribution in [3.8, 4) is 0 Å². The third-order valence-corrected chi connectivity index (χ3v) is 6.87. The maximum absolute atomic E-state index is 13.0. The van der Waals surface area contributed by atoms with Crippen LogP contribution in [0, 0.1) is 6.92 Å². The molecule has 7 nitrogen and oxygen atoms in total. The smallest absolute Gasteiger partial charge is 0.338 e. The van der Waals surface area contributed by atoms with E-state index in [4.69, 9.17) is 14.5 Å². The molecule has 2 aromatic carbocycles. The molecule has 8 heteroatoms. The van der Waals surface area contributed by atoms with Crippen LogP contribution >= 0.6 is 11.8 Å². The summed E-state index contributed by atoms with van der Waals surface area (Å²) in [6.45, 7) is 5.18. The minimum absolute atomic E-state index is 0.162. The van der Waals surface area contributed by atoms with Crippen molar-refractivity contribution in [2.75, 3.05) is 37.9 Å². The Balaban J connectivity index is 1.58. The average molecular weight is 480 g/mol. The van der Waals surface area contributed by atoms with Crippen LogP contribution in [0.4, 0.5) is 5.69 Å². The number of esters is 1. The number of benzene rings is 2. The van der Waals surface area contributed by atoms with E-state index in [-0.39, 0.29) is 24.5 Å². The molecule has 178 valence electrons. The molecule has 2 aromatic rings. The minimum Gasteiger partial charge on any atom is -0.460 e. The second-order valence-electron chi connectivity index (χ2n) is 8.26. The van der Waals surface area contributed by atoms with Gasteiger partial charge in [-0.05, 0) is 50.1 Å². The lowest BCUT2D eigenvalue weighted by Gasteiger charge is -2.40. The van der Waals surface area contributed by atoms with Gasteiger partial charge in [-0.3, -0.25) is 4.79 Å². The van der Waals surface area contributed by atoms with Crippen molar-refractivity contribution in [3.05, 3.63) is 76.5 Å². The van der Waals surface area contributed by atoms with Gasteiger partial charge in [0.1, 0.15) is 6.61 Å². The maximum atomic E-state index is 13.0. The maximum Gasteiger partial charge on any atom is 0.338 e. The number of allylic oxidation sites excluding steroid dienone is 1. The van der Waals surface area contributed by atoms with Crippen molar-refractivity contribution < 1.29 is 19.1 Å². The van der Waals surface area contributed by atoms with Crippen molar-refractivity contribution in [1.29, 1.82) is 0 Å². The highest BCUT2D eigenvalue weighted by Crippen LogP contribution is 2.40. The van der Waals surface area contributed by atoms with E-state index in [2.05, 4.69) is 10.2 Å². The zero-order valence-electron chi connectivity index (χ0n) is 19.7. The van der Waals surface area contributed by atoms with Gasteiger partial charge < -0.3 is 19.7 Å².